The van der Waals surface area contributed by atoms with Crippen molar-refractivity contribution in [3.8, 4) is 11.5 Å². The lowest BCUT2D eigenvalue weighted by Crippen LogP contribution is -2.23. The van der Waals surface area contributed by atoms with Crippen molar-refractivity contribution in [1.82, 2.24) is 0 Å². The summed E-state index contributed by atoms with van der Waals surface area (Å²) in [4.78, 5) is 23.1. The second kappa shape index (κ2) is 8.59. The van der Waals surface area contributed by atoms with E-state index in [9.17, 15) is 31.2 Å². The molecular weight excluding hydrogens is 431 g/mol. The lowest BCUT2D eigenvalue weighted by Gasteiger charge is -2.15. The topological polar surface area (TPSA) is 165 Å². The minimum absolute atomic E-state index is 0.0405. The molecule has 0 atom stereocenters. The van der Waals surface area contributed by atoms with E-state index in [0.29, 0.717) is 0 Å². The van der Waals surface area contributed by atoms with Gasteiger partial charge in [-0.25, -0.2) is 0 Å². The average molecular weight is 447 g/mol. The third kappa shape index (κ3) is 5.84. The van der Waals surface area contributed by atoms with Gasteiger partial charge >= 0.3 is 16.5 Å². The van der Waals surface area contributed by atoms with Gasteiger partial charge in [-0.1, -0.05) is 12.1 Å². The molecule has 0 unspecified atom stereocenters. The fourth-order valence-electron chi connectivity index (χ4n) is 2.55. The molecule has 0 spiro atoms. The summed E-state index contributed by atoms with van der Waals surface area (Å²) >= 11 is 0. The van der Waals surface area contributed by atoms with Crippen molar-refractivity contribution in [3.63, 3.8) is 0 Å². The zero-order valence-electron chi connectivity index (χ0n) is 15.1. The summed E-state index contributed by atoms with van der Waals surface area (Å²) in [6, 6.07) is 6.42. The van der Waals surface area contributed by atoms with Crippen LogP contribution in [0, 0.1) is 0 Å². The molecule has 2 aromatic carbocycles. The highest BCUT2D eigenvalue weighted by Crippen LogP contribution is 2.28. The molecule has 0 saturated heterocycles. The molecule has 30 heavy (non-hydrogen) atoms. The molecule has 2 rings (SSSR count). The zero-order valence-corrected chi connectivity index (χ0v) is 15.9. The second-order valence-electron chi connectivity index (χ2n) is 5.88. The Morgan fingerprint density at radius 3 is 2.20 bits per heavy atom. The predicted molar refractivity (Wildman–Crippen MR) is 97.7 cm³/mol. The van der Waals surface area contributed by atoms with Gasteiger partial charge in [0.25, 0.3) is 5.91 Å². The van der Waals surface area contributed by atoms with Gasteiger partial charge in [0, 0.05) is 6.54 Å². The van der Waals surface area contributed by atoms with E-state index in [1.54, 1.807) is 0 Å². The molecule has 13 heteroatoms. The molecule has 0 aliphatic carbocycles. The summed E-state index contributed by atoms with van der Waals surface area (Å²) in [6.07, 6.45) is -4.93. The first-order chi connectivity index (χ1) is 13.8. The zero-order chi connectivity index (χ0) is 22.7. The van der Waals surface area contributed by atoms with Gasteiger partial charge < -0.3 is 26.1 Å². The molecule has 162 valence electrons. The Bertz CT molecular complexity index is 1090. The third-order valence-corrected chi connectivity index (χ3v) is 4.82. The molecule has 2 amide bonds. The van der Waals surface area contributed by atoms with Crippen LogP contribution in [-0.2, 0) is 22.4 Å². The van der Waals surface area contributed by atoms with Crippen LogP contribution >= 0.6 is 0 Å². The van der Waals surface area contributed by atoms with Crippen LogP contribution < -0.4 is 26.1 Å². The number of hydrogen-bond acceptors (Lipinski definition) is 7. The van der Waals surface area contributed by atoms with E-state index < -0.39 is 51.1 Å². The highest BCUT2D eigenvalue weighted by molar-refractivity contribution is 7.86. The smallest absolute Gasteiger partial charge is 0.406 e. The van der Waals surface area contributed by atoms with Crippen LogP contribution in [0.5, 0.6) is 11.5 Å². The summed E-state index contributed by atoms with van der Waals surface area (Å²) in [5, 5.41) is 0. The van der Waals surface area contributed by atoms with Gasteiger partial charge in [0.2, 0.25) is 5.91 Å². The van der Waals surface area contributed by atoms with Crippen molar-refractivity contribution in [1.29, 1.82) is 0 Å². The summed E-state index contributed by atoms with van der Waals surface area (Å²) in [5.41, 5.74) is 15.1. The maximum atomic E-state index is 12.5. The number of ether oxygens (including phenoxy) is 1. The molecule has 0 radical (unpaired) electrons. The van der Waals surface area contributed by atoms with E-state index in [0.717, 1.165) is 30.3 Å². The Kier molecular flexibility index (Phi) is 6.57. The maximum Gasteiger partial charge on any atom is 0.573 e. The molecule has 0 aromatic heterocycles. The predicted octanol–water partition coefficient (Wildman–Crippen LogP) is 1.15. The fraction of sp³-hybridized carbons (Fsp3) is 0.176. The highest BCUT2D eigenvalue weighted by atomic mass is 32.2. The number of alkyl halides is 3. The average Bonchev–Trinajstić information content (AvgIpc) is 2.60. The number of benzene rings is 2. The van der Waals surface area contributed by atoms with Crippen LogP contribution in [0.25, 0.3) is 0 Å². The summed E-state index contributed by atoms with van der Waals surface area (Å²) in [6.45, 7) is -0.288. The highest BCUT2D eigenvalue weighted by Gasteiger charge is 2.31. The van der Waals surface area contributed by atoms with Gasteiger partial charge in [0.05, 0.1) is 11.1 Å². The number of halogens is 3. The molecule has 0 aliphatic heterocycles. The molecule has 0 saturated carbocycles. The van der Waals surface area contributed by atoms with Crippen LogP contribution in [0.3, 0.4) is 0 Å². The summed E-state index contributed by atoms with van der Waals surface area (Å²) < 4.78 is 70.6. The Morgan fingerprint density at radius 2 is 1.67 bits per heavy atom. The van der Waals surface area contributed by atoms with E-state index >= 15 is 0 Å². The van der Waals surface area contributed by atoms with Crippen LogP contribution in [0.2, 0.25) is 0 Å². The standard InChI is InChI=1S/C17H16F3N3O6S/c18-17(19,20)28-11-5-4-9(10(6-11)7-21)8-30(26,27)29-13-3-1-2-12(15(22)24)14(13)16(23)25/h1-6H,7-8,21H2,(H2,22,24)(H2,23,25). The SMILES string of the molecule is NCc1cc(OC(F)(F)F)ccc1CS(=O)(=O)Oc1cccc(C(N)=O)c1C(N)=O. The Morgan fingerprint density at radius 1 is 1.00 bits per heavy atom. The molecule has 0 bridgehead atoms. The number of carbonyl (C=O) groups excluding carboxylic acids is 2. The normalized spacial score (nSPS) is 11.7. The number of rotatable bonds is 8. The van der Waals surface area contributed by atoms with Crippen molar-refractivity contribution < 1.29 is 40.1 Å². The Balaban J connectivity index is 2.36. The first-order valence-electron chi connectivity index (χ1n) is 8.05. The quantitative estimate of drug-likeness (QED) is 0.511. The molecule has 2 aromatic rings. The lowest BCUT2D eigenvalue weighted by molar-refractivity contribution is -0.274. The number of primary amides is 2. The Hall–Kier alpha value is -3.32. The monoisotopic (exact) mass is 447 g/mol. The second-order valence-corrected chi connectivity index (χ2v) is 7.45. The van der Waals surface area contributed by atoms with E-state index in [4.69, 9.17) is 21.4 Å². The number of nitrogens with two attached hydrogens (primary N) is 3. The van der Waals surface area contributed by atoms with Crippen molar-refractivity contribution >= 4 is 21.9 Å². The Labute approximate surface area is 168 Å². The molecule has 0 aliphatic rings. The fourth-order valence-corrected chi connectivity index (χ4v) is 3.68. The van der Waals surface area contributed by atoms with Crippen LogP contribution in [0.4, 0.5) is 13.2 Å². The van der Waals surface area contributed by atoms with Crippen molar-refractivity contribution in [2.24, 2.45) is 17.2 Å². The molecule has 0 fully saturated rings. The first-order valence-corrected chi connectivity index (χ1v) is 9.63. The van der Waals surface area contributed by atoms with Gasteiger partial charge in [0.1, 0.15) is 11.5 Å². The molecule has 9 nitrogen and oxygen atoms in total. The van der Waals surface area contributed by atoms with Gasteiger partial charge in [-0.05, 0) is 35.4 Å². The first kappa shape index (κ1) is 23.0. The number of amides is 2. The van der Waals surface area contributed by atoms with Crippen LogP contribution in [0.15, 0.2) is 36.4 Å². The van der Waals surface area contributed by atoms with Gasteiger partial charge in [0.15, 0.2) is 5.75 Å². The summed E-state index contributed by atoms with van der Waals surface area (Å²) in [7, 11) is -4.45. The van der Waals surface area contributed by atoms with E-state index in [2.05, 4.69) is 4.74 Å². The van der Waals surface area contributed by atoms with Crippen molar-refractivity contribution in [3.05, 3.63) is 58.7 Å². The van der Waals surface area contributed by atoms with E-state index in [1.807, 2.05) is 0 Å². The van der Waals surface area contributed by atoms with Crippen molar-refractivity contribution in [2.75, 3.05) is 0 Å². The van der Waals surface area contributed by atoms with Crippen molar-refractivity contribution in [2.45, 2.75) is 18.7 Å². The van der Waals surface area contributed by atoms with E-state index in [1.165, 1.54) is 6.07 Å². The summed E-state index contributed by atoms with van der Waals surface area (Å²) in [5.74, 6) is -4.08. The van der Waals surface area contributed by atoms with Gasteiger partial charge in [-0.3, -0.25) is 9.59 Å². The third-order valence-electron chi connectivity index (χ3n) is 3.72. The minimum atomic E-state index is -4.93. The largest absolute Gasteiger partial charge is 0.573 e. The number of carbonyl (C=O) groups is 2. The number of hydrogen-bond donors (Lipinski definition) is 3. The van der Waals surface area contributed by atoms with E-state index in [-0.39, 0.29) is 23.2 Å². The molecule has 0 heterocycles. The van der Waals surface area contributed by atoms with Gasteiger partial charge in [-0.2, -0.15) is 8.42 Å². The minimum Gasteiger partial charge on any atom is -0.406 e. The lowest BCUT2D eigenvalue weighted by atomic mass is 10.1. The molecular formula is C17H16F3N3O6S. The molecule has 6 N–H and O–H groups in total. The maximum absolute atomic E-state index is 12.5. The van der Waals surface area contributed by atoms with Crippen LogP contribution in [0.1, 0.15) is 31.8 Å². The van der Waals surface area contributed by atoms with Gasteiger partial charge in [-0.15, -0.1) is 13.2 Å². The van der Waals surface area contributed by atoms with Crippen LogP contribution in [-0.4, -0.2) is 26.6 Å².